The molecule has 0 atom stereocenters. The summed E-state index contributed by atoms with van der Waals surface area (Å²) in [5.74, 6) is -0.112. The molecule has 0 aromatic heterocycles. The maximum absolute atomic E-state index is 11.9. The van der Waals surface area contributed by atoms with Crippen LogP contribution in [0.2, 0.25) is 0 Å². The molecule has 18 heavy (non-hydrogen) atoms. The number of nitrogens with one attached hydrogen (secondary N) is 1. The van der Waals surface area contributed by atoms with Gasteiger partial charge in [-0.2, -0.15) is 0 Å². The molecular formula is C14H22N2O2. The Labute approximate surface area is 108 Å². The fourth-order valence-electron chi connectivity index (χ4n) is 1.69. The van der Waals surface area contributed by atoms with Crippen molar-refractivity contribution in [1.29, 1.82) is 0 Å². The number of carbonyl (C=O) groups is 1. The zero-order chi connectivity index (χ0) is 13.6. The third-order valence-electron chi connectivity index (χ3n) is 3.37. The Morgan fingerprint density at radius 2 is 1.72 bits per heavy atom. The van der Waals surface area contributed by atoms with E-state index in [9.17, 15) is 4.79 Å². The molecular weight excluding hydrogens is 228 g/mol. The minimum atomic E-state index is -0.773. The second-order valence-electron chi connectivity index (χ2n) is 4.52. The monoisotopic (exact) mass is 250 g/mol. The van der Waals surface area contributed by atoms with Crippen LogP contribution in [-0.4, -0.2) is 16.6 Å². The first-order valence-electron chi connectivity index (χ1n) is 6.31. The van der Waals surface area contributed by atoms with Crippen LogP contribution in [0.25, 0.3) is 0 Å². The predicted molar refractivity (Wildman–Crippen MR) is 71.7 cm³/mol. The number of amides is 1. The molecule has 0 fully saturated rings. The number of nitrogens with two attached hydrogens (primary N) is 1. The topological polar surface area (TPSA) is 75.4 Å². The third kappa shape index (κ3) is 3.55. The Balaban J connectivity index is 2.56. The smallest absolute Gasteiger partial charge is 0.240 e. The van der Waals surface area contributed by atoms with Crippen LogP contribution >= 0.6 is 0 Å². The Hall–Kier alpha value is -1.39. The minimum Gasteiger partial charge on any atom is -0.392 e. The molecule has 0 saturated carbocycles. The number of benzene rings is 1. The van der Waals surface area contributed by atoms with E-state index in [2.05, 4.69) is 5.32 Å². The lowest BCUT2D eigenvalue weighted by atomic mass is 9.93. The van der Waals surface area contributed by atoms with Gasteiger partial charge in [0.05, 0.1) is 12.1 Å². The highest BCUT2D eigenvalue weighted by Gasteiger charge is 2.29. The van der Waals surface area contributed by atoms with Gasteiger partial charge >= 0.3 is 0 Å². The lowest BCUT2D eigenvalue weighted by Gasteiger charge is -2.25. The summed E-state index contributed by atoms with van der Waals surface area (Å²) in [5.41, 5.74) is 7.09. The van der Waals surface area contributed by atoms with Crippen molar-refractivity contribution in [2.24, 2.45) is 5.73 Å². The van der Waals surface area contributed by atoms with E-state index in [1.807, 2.05) is 38.1 Å². The van der Waals surface area contributed by atoms with E-state index in [1.54, 1.807) is 0 Å². The first-order valence-corrected chi connectivity index (χ1v) is 6.31. The summed E-state index contributed by atoms with van der Waals surface area (Å²) in [7, 11) is 0. The first-order chi connectivity index (χ1) is 8.55. The highest BCUT2D eigenvalue weighted by atomic mass is 16.3. The minimum absolute atomic E-state index is 0.0320. The average Bonchev–Trinajstić information content (AvgIpc) is 2.44. The van der Waals surface area contributed by atoms with Crippen molar-refractivity contribution in [1.82, 2.24) is 5.32 Å². The van der Waals surface area contributed by atoms with Crippen molar-refractivity contribution in [3.63, 3.8) is 0 Å². The normalized spacial score (nSPS) is 11.3. The van der Waals surface area contributed by atoms with E-state index in [4.69, 9.17) is 10.8 Å². The summed E-state index contributed by atoms with van der Waals surface area (Å²) in [5, 5.41) is 11.8. The van der Waals surface area contributed by atoms with Crippen LogP contribution in [-0.2, 0) is 17.9 Å². The van der Waals surface area contributed by atoms with Crippen molar-refractivity contribution in [2.75, 3.05) is 0 Å². The number of hydrogen-bond donors (Lipinski definition) is 3. The summed E-state index contributed by atoms with van der Waals surface area (Å²) >= 11 is 0. The molecule has 1 rings (SSSR count). The van der Waals surface area contributed by atoms with Crippen molar-refractivity contribution < 1.29 is 9.90 Å². The van der Waals surface area contributed by atoms with Gasteiger partial charge in [-0.15, -0.1) is 0 Å². The van der Waals surface area contributed by atoms with E-state index in [-0.39, 0.29) is 12.5 Å². The Morgan fingerprint density at radius 3 is 2.17 bits per heavy atom. The van der Waals surface area contributed by atoms with Gasteiger partial charge in [0.2, 0.25) is 5.91 Å². The number of hydrogen-bond acceptors (Lipinski definition) is 3. The van der Waals surface area contributed by atoms with Crippen LogP contribution in [0.4, 0.5) is 0 Å². The van der Waals surface area contributed by atoms with Crippen LogP contribution in [0, 0.1) is 0 Å². The molecule has 1 aromatic rings. The summed E-state index contributed by atoms with van der Waals surface area (Å²) in [6, 6.07) is 7.47. The fraction of sp³-hybridized carbons (Fsp3) is 0.500. The highest BCUT2D eigenvalue weighted by Crippen LogP contribution is 2.11. The predicted octanol–water partition coefficient (Wildman–Crippen LogP) is 1.31. The molecule has 100 valence electrons. The van der Waals surface area contributed by atoms with E-state index in [0.29, 0.717) is 19.4 Å². The third-order valence-corrected chi connectivity index (χ3v) is 3.37. The van der Waals surface area contributed by atoms with Gasteiger partial charge in [0.25, 0.3) is 0 Å². The SMILES string of the molecule is CCC(N)(CC)C(=O)NCc1ccc(CO)cc1. The van der Waals surface area contributed by atoms with Crippen LogP contribution in [0.5, 0.6) is 0 Å². The summed E-state index contributed by atoms with van der Waals surface area (Å²) < 4.78 is 0. The van der Waals surface area contributed by atoms with Gasteiger partial charge in [0.1, 0.15) is 0 Å². The zero-order valence-electron chi connectivity index (χ0n) is 11.1. The van der Waals surface area contributed by atoms with Crippen LogP contribution < -0.4 is 11.1 Å². The van der Waals surface area contributed by atoms with Crippen molar-refractivity contribution in [3.05, 3.63) is 35.4 Å². The van der Waals surface area contributed by atoms with E-state index >= 15 is 0 Å². The zero-order valence-corrected chi connectivity index (χ0v) is 11.1. The molecule has 0 spiro atoms. The fourth-order valence-corrected chi connectivity index (χ4v) is 1.69. The molecule has 4 heteroatoms. The molecule has 0 aliphatic carbocycles. The molecule has 1 aromatic carbocycles. The lowest BCUT2D eigenvalue weighted by molar-refractivity contribution is -0.126. The Morgan fingerprint density at radius 1 is 1.22 bits per heavy atom. The van der Waals surface area contributed by atoms with E-state index < -0.39 is 5.54 Å². The number of aliphatic hydroxyl groups excluding tert-OH is 1. The van der Waals surface area contributed by atoms with Gasteiger partial charge in [-0.05, 0) is 24.0 Å². The van der Waals surface area contributed by atoms with Crippen molar-refractivity contribution >= 4 is 5.91 Å². The second kappa shape index (κ2) is 6.52. The molecule has 1 amide bonds. The van der Waals surface area contributed by atoms with Gasteiger partial charge in [-0.3, -0.25) is 4.79 Å². The number of carbonyl (C=O) groups excluding carboxylic acids is 1. The first kappa shape index (κ1) is 14.7. The average molecular weight is 250 g/mol. The number of rotatable bonds is 6. The van der Waals surface area contributed by atoms with Crippen LogP contribution in [0.3, 0.4) is 0 Å². The van der Waals surface area contributed by atoms with Crippen molar-refractivity contribution in [2.45, 2.75) is 45.4 Å². The molecule has 0 aliphatic heterocycles. The quantitative estimate of drug-likeness (QED) is 0.712. The number of aliphatic hydroxyl groups is 1. The van der Waals surface area contributed by atoms with Crippen LogP contribution in [0.1, 0.15) is 37.8 Å². The molecule has 4 N–H and O–H groups in total. The van der Waals surface area contributed by atoms with E-state index in [0.717, 1.165) is 11.1 Å². The van der Waals surface area contributed by atoms with Gasteiger partial charge in [0.15, 0.2) is 0 Å². The maximum Gasteiger partial charge on any atom is 0.240 e. The maximum atomic E-state index is 11.9. The highest BCUT2D eigenvalue weighted by molar-refractivity contribution is 5.85. The summed E-state index contributed by atoms with van der Waals surface area (Å²) in [6.07, 6.45) is 1.25. The van der Waals surface area contributed by atoms with Gasteiger partial charge in [-0.1, -0.05) is 38.1 Å². The molecule has 0 unspecified atom stereocenters. The molecule has 0 heterocycles. The second-order valence-corrected chi connectivity index (χ2v) is 4.52. The Bertz CT molecular complexity index is 383. The summed E-state index contributed by atoms with van der Waals surface area (Å²) in [6.45, 7) is 4.33. The molecule has 4 nitrogen and oxygen atoms in total. The standard InChI is InChI=1S/C14H22N2O2/c1-3-14(15,4-2)13(18)16-9-11-5-7-12(10-17)8-6-11/h5-8,17H,3-4,9-10,15H2,1-2H3,(H,16,18). The van der Waals surface area contributed by atoms with Crippen molar-refractivity contribution in [3.8, 4) is 0 Å². The molecule has 0 saturated heterocycles. The van der Waals surface area contributed by atoms with E-state index in [1.165, 1.54) is 0 Å². The van der Waals surface area contributed by atoms with Gasteiger partial charge < -0.3 is 16.2 Å². The lowest BCUT2D eigenvalue weighted by Crippen LogP contribution is -2.52. The van der Waals surface area contributed by atoms with Gasteiger partial charge in [0, 0.05) is 6.54 Å². The largest absolute Gasteiger partial charge is 0.392 e. The van der Waals surface area contributed by atoms with Gasteiger partial charge in [-0.25, -0.2) is 0 Å². The molecule has 0 aliphatic rings. The molecule has 0 bridgehead atoms. The summed E-state index contributed by atoms with van der Waals surface area (Å²) in [4.78, 5) is 11.9. The Kier molecular flexibility index (Phi) is 5.31. The molecule has 0 radical (unpaired) electrons. The van der Waals surface area contributed by atoms with Crippen LogP contribution in [0.15, 0.2) is 24.3 Å².